The summed E-state index contributed by atoms with van der Waals surface area (Å²) in [5.74, 6) is 1.05. The van der Waals surface area contributed by atoms with Crippen molar-refractivity contribution in [2.24, 2.45) is 32.7 Å². The van der Waals surface area contributed by atoms with Gasteiger partial charge in [-0.2, -0.15) is 5.10 Å². The monoisotopic (exact) mass is 790 g/mol. The third-order valence-electron chi connectivity index (χ3n) is 13.7. The number of hydrogen-bond donors (Lipinski definition) is 5. The average molecular weight is 791 g/mol. The Bertz CT molecular complexity index is 2220. The molecule has 3 aliphatic heterocycles. The number of aliphatic hydroxyl groups excluding tert-OH is 1. The van der Waals surface area contributed by atoms with Crippen molar-refractivity contribution in [2.75, 3.05) is 32.8 Å². The third kappa shape index (κ3) is 7.09. The zero-order valence-electron chi connectivity index (χ0n) is 34.0. The molecule has 5 heterocycles. The minimum atomic E-state index is -0.309. The number of aliphatic hydroxyl groups is 1. The van der Waals surface area contributed by atoms with Crippen LogP contribution in [0.25, 0.3) is 15.8 Å². The van der Waals surface area contributed by atoms with Crippen LogP contribution in [0.5, 0.6) is 0 Å². The summed E-state index contributed by atoms with van der Waals surface area (Å²) in [5.41, 5.74) is 18.9. The van der Waals surface area contributed by atoms with Gasteiger partial charge in [0.2, 0.25) is 11.0 Å². The molecular weight excluding hydrogens is 733 g/mol. The smallest absolute Gasteiger partial charge is 0.212 e. The summed E-state index contributed by atoms with van der Waals surface area (Å²) in [7, 11) is 0. The summed E-state index contributed by atoms with van der Waals surface area (Å²) in [5, 5.41) is 29.2. The number of dihydropyridines is 1. The van der Waals surface area contributed by atoms with Crippen LogP contribution in [-0.2, 0) is 11.3 Å². The lowest BCUT2D eigenvalue weighted by Gasteiger charge is -2.69. The van der Waals surface area contributed by atoms with Crippen LogP contribution in [0, 0.1) is 28.6 Å². The number of aliphatic imine (C=N–C) groups is 1. The van der Waals surface area contributed by atoms with Gasteiger partial charge in [0.25, 0.3) is 0 Å². The van der Waals surface area contributed by atoms with E-state index in [1.54, 1.807) is 0 Å². The van der Waals surface area contributed by atoms with Gasteiger partial charge < -0.3 is 36.4 Å². The van der Waals surface area contributed by atoms with Crippen molar-refractivity contribution in [1.29, 1.82) is 5.41 Å². The van der Waals surface area contributed by atoms with Gasteiger partial charge in [-0.15, -0.1) is 0 Å². The summed E-state index contributed by atoms with van der Waals surface area (Å²) in [6, 6.07) is 7.93. The van der Waals surface area contributed by atoms with Gasteiger partial charge in [0, 0.05) is 42.0 Å². The maximum Gasteiger partial charge on any atom is 0.212 e. The molecule has 0 spiro atoms. The van der Waals surface area contributed by atoms with E-state index in [1.165, 1.54) is 56.5 Å². The fourth-order valence-corrected chi connectivity index (χ4v) is 13.3. The maximum atomic E-state index is 10.9. The Hall–Kier alpha value is -4.46. The van der Waals surface area contributed by atoms with Crippen LogP contribution in [0.15, 0.2) is 76.2 Å². The Labute approximate surface area is 339 Å². The van der Waals surface area contributed by atoms with Crippen molar-refractivity contribution in [3.8, 4) is 0 Å². The zero-order valence-corrected chi connectivity index (χ0v) is 34.8. The maximum absolute atomic E-state index is 10.9. The lowest BCUT2D eigenvalue weighted by Crippen LogP contribution is -2.64. The van der Waals surface area contributed by atoms with Crippen LogP contribution in [0.1, 0.15) is 96.2 Å². The van der Waals surface area contributed by atoms with Crippen LogP contribution in [-0.4, -0.2) is 79.7 Å². The van der Waals surface area contributed by atoms with Gasteiger partial charge in [0.1, 0.15) is 23.2 Å². The molecule has 2 unspecified atom stereocenters. The van der Waals surface area contributed by atoms with E-state index in [0.29, 0.717) is 41.3 Å². The number of fused-ring (bicyclic) bond motifs is 1. The highest BCUT2D eigenvalue weighted by molar-refractivity contribution is 7.22. The summed E-state index contributed by atoms with van der Waals surface area (Å²) >= 11 is 1.49. The van der Waals surface area contributed by atoms with E-state index in [9.17, 15) is 10.5 Å². The lowest BCUT2D eigenvalue weighted by atomic mass is 9.39. The number of para-hydroxylation sites is 1. The first-order valence-electron chi connectivity index (χ1n) is 20.8. The van der Waals surface area contributed by atoms with Crippen molar-refractivity contribution < 1.29 is 9.84 Å². The second kappa shape index (κ2) is 14.1. The largest absolute Gasteiger partial charge is 0.493 e. The quantitative estimate of drug-likeness (QED) is 0.0789. The first kappa shape index (κ1) is 38.1. The number of nitrogens with two attached hydrogens (primary N) is 2. The SMILES string of the molecule is CC(/C(N)=N/c1nc2ccccc2s1)=C1\CCCN(C2=CC=C(c3cnn(CC45CC6(C)CC(C)(C4)CC(OCCN4CCCC4)(C6)C5)c3C)/C(=C(/N)O)N2)C1=N. The van der Waals surface area contributed by atoms with Crippen molar-refractivity contribution in [3.63, 3.8) is 0 Å². The number of likely N-dealkylation sites (tertiary alicyclic amines) is 2. The molecule has 13 heteroatoms. The first-order valence-corrected chi connectivity index (χ1v) is 21.6. The molecule has 4 bridgehead atoms. The van der Waals surface area contributed by atoms with E-state index in [0.717, 1.165) is 83.6 Å². The van der Waals surface area contributed by atoms with E-state index in [1.807, 2.05) is 54.4 Å². The molecule has 2 aromatic heterocycles. The van der Waals surface area contributed by atoms with Crippen molar-refractivity contribution in [1.82, 2.24) is 29.9 Å². The molecule has 7 N–H and O–H groups in total. The van der Waals surface area contributed by atoms with Gasteiger partial charge in [-0.25, -0.2) is 9.98 Å². The van der Waals surface area contributed by atoms with Crippen LogP contribution in [0.4, 0.5) is 5.13 Å². The third-order valence-corrected chi connectivity index (χ3v) is 14.7. The first-order chi connectivity index (χ1) is 27.2. The second-order valence-electron chi connectivity index (χ2n) is 18.7. The zero-order chi connectivity index (χ0) is 39.7. The van der Waals surface area contributed by atoms with Gasteiger partial charge in [-0.3, -0.25) is 10.1 Å². The molecule has 0 amide bonds. The molecule has 0 radical (unpaired) electrons. The van der Waals surface area contributed by atoms with Gasteiger partial charge >= 0.3 is 0 Å². The minimum Gasteiger partial charge on any atom is -0.493 e. The molecule has 7 aliphatic rings. The molecule has 12 nitrogen and oxygen atoms in total. The topological polar surface area (TPSA) is 167 Å². The van der Waals surface area contributed by atoms with E-state index in [4.69, 9.17) is 21.3 Å². The number of ether oxygens (including phenoxy) is 1. The van der Waals surface area contributed by atoms with E-state index in [-0.39, 0.29) is 27.7 Å². The summed E-state index contributed by atoms with van der Waals surface area (Å²) < 4.78 is 10.3. The highest BCUT2D eigenvalue weighted by Crippen LogP contribution is 2.72. The fourth-order valence-electron chi connectivity index (χ4n) is 12.5. The van der Waals surface area contributed by atoms with Gasteiger partial charge in [0.05, 0.1) is 28.6 Å². The fraction of sp³-hybridized carbons (Fsp3) is 0.545. The number of nitrogens with zero attached hydrogens (tertiary/aromatic N) is 6. The Morgan fingerprint density at radius 1 is 1.02 bits per heavy atom. The normalized spacial score (nSPS) is 32.2. The van der Waals surface area contributed by atoms with E-state index in [2.05, 4.69) is 45.6 Å². The van der Waals surface area contributed by atoms with Crippen molar-refractivity contribution in [3.05, 3.63) is 82.4 Å². The number of rotatable bonds is 10. The summed E-state index contributed by atoms with van der Waals surface area (Å²) in [6.45, 7) is 14.8. The number of benzene rings is 1. The number of thiazole rings is 1. The highest BCUT2D eigenvalue weighted by atomic mass is 32.1. The lowest BCUT2D eigenvalue weighted by molar-refractivity contribution is -0.248. The highest BCUT2D eigenvalue weighted by Gasteiger charge is 2.66. The molecule has 2 atom stereocenters. The van der Waals surface area contributed by atoms with Gasteiger partial charge in [0.15, 0.2) is 0 Å². The van der Waals surface area contributed by atoms with Crippen molar-refractivity contribution >= 4 is 43.9 Å². The second-order valence-corrected chi connectivity index (χ2v) is 19.8. The number of piperidine rings is 1. The van der Waals surface area contributed by atoms with E-state index < -0.39 is 0 Å². The number of amidine groups is 2. The van der Waals surface area contributed by atoms with E-state index >= 15 is 0 Å². The van der Waals surface area contributed by atoms with Gasteiger partial charge in [-0.1, -0.05) is 37.3 Å². The number of allylic oxidation sites excluding steroid dienone is 3. The molecule has 1 aromatic carbocycles. The Morgan fingerprint density at radius 3 is 2.51 bits per heavy atom. The average Bonchev–Trinajstić information content (AvgIpc) is 3.90. The molecule has 3 aromatic rings. The number of nitrogens with one attached hydrogen (secondary N) is 2. The van der Waals surface area contributed by atoms with Crippen molar-refractivity contribution in [2.45, 2.75) is 104 Å². The molecule has 4 saturated carbocycles. The van der Waals surface area contributed by atoms with Crippen LogP contribution in [0.3, 0.4) is 0 Å². The Balaban J connectivity index is 0.949. The summed E-state index contributed by atoms with van der Waals surface area (Å²) in [4.78, 5) is 13.7. The predicted octanol–water partition coefficient (Wildman–Crippen LogP) is 7.63. The molecule has 6 fully saturated rings. The number of hydrogen-bond acceptors (Lipinski definition) is 10. The summed E-state index contributed by atoms with van der Waals surface area (Å²) in [6.07, 6.45) is 17.1. The Kier molecular flexibility index (Phi) is 9.44. The molecular formula is C44H58N10O2S. The van der Waals surface area contributed by atoms with Crippen LogP contribution >= 0.6 is 11.3 Å². The predicted molar refractivity (Wildman–Crippen MR) is 228 cm³/mol. The molecule has 10 rings (SSSR count). The molecule has 302 valence electrons. The number of aromatic nitrogens is 3. The van der Waals surface area contributed by atoms with Crippen LogP contribution < -0.4 is 16.8 Å². The minimum absolute atomic E-state index is 0.0647. The van der Waals surface area contributed by atoms with Crippen LogP contribution in [0.2, 0.25) is 0 Å². The molecule has 57 heavy (non-hydrogen) atoms. The molecule has 4 aliphatic carbocycles. The molecule has 2 saturated heterocycles. The van der Waals surface area contributed by atoms with Gasteiger partial charge in [-0.05, 0) is 137 Å². The standard InChI is InChI=1S/C44H58N10O2S/c1-28(37(45)51-40-49-33-11-5-6-12-34(33)57-40)30-10-9-17-53(38(30)46)35-14-13-31(36(50-35)39(47)55)32-20-48-54(29(32)2)27-43-22-41(3)21-42(4,23-43)25-44(24-41,26-43)56-19-18-52-15-7-8-16-52/h5-6,11-14,20,46,50,55H,7-10,15-19,21-27,47H2,1-4H3,(H2,45,49,51)/b30-28-,39-36+,46-38?. The Morgan fingerprint density at radius 2 is 1.77 bits per heavy atom.